The summed E-state index contributed by atoms with van der Waals surface area (Å²) in [5, 5.41) is 3.23. The van der Waals surface area contributed by atoms with Crippen LogP contribution in [0.2, 0.25) is 0 Å². The molecule has 2 aliphatic rings. The van der Waals surface area contributed by atoms with Crippen molar-refractivity contribution in [1.29, 1.82) is 0 Å². The fourth-order valence-electron chi connectivity index (χ4n) is 4.11. The minimum Gasteiger partial charge on any atom is -0.328 e. The third-order valence-electron chi connectivity index (χ3n) is 5.96. The zero-order valence-electron chi connectivity index (χ0n) is 15.2. The third kappa shape index (κ3) is 4.03. The molecule has 1 unspecified atom stereocenters. The van der Waals surface area contributed by atoms with E-state index in [-0.39, 0.29) is 5.54 Å². The first-order valence-corrected chi connectivity index (χ1v) is 9.02. The predicted molar refractivity (Wildman–Crippen MR) is 94.5 cm³/mol. The maximum atomic E-state index is 3.57. The minimum absolute atomic E-state index is 0.121. The lowest BCUT2D eigenvalue weighted by Gasteiger charge is -2.42. The van der Waals surface area contributed by atoms with Gasteiger partial charge in [0, 0.05) is 25.8 Å². The van der Waals surface area contributed by atoms with E-state index in [1.54, 1.807) is 0 Å². The van der Waals surface area contributed by atoms with Gasteiger partial charge in [0.2, 0.25) is 0 Å². The number of nitrogens with zero attached hydrogens (tertiary/aromatic N) is 1. The number of nitrogens with one attached hydrogen (secondary N) is 3. The molecule has 1 atom stereocenters. The summed E-state index contributed by atoms with van der Waals surface area (Å²) >= 11 is 0. The van der Waals surface area contributed by atoms with Gasteiger partial charge in [-0.1, -0.05) is 13.8 Å². The van der Waals surface area contributed by atoms with Gasteiger partial charge in [0.25, 0.3) is 0 Å². The van der Waals surface area contributed by atoms with E-state index in [2.05, 4.69) is 55.1 Å². The molecule has 4 nitrogen and oxygen atoms in total. The summed E-state index contributed by atoms with van der Waals surface area (Å²) in [6.45, 7) is 10.3. The van der Waals surface area contributed by atoms with Crippen molar-refractivity contribution in [2.24, 2.45) is 17.8 Å². The molecule has 0 radical (unpaired) electrons. The van der Waals surface area contributed by atoms with E-state index in [0.717, 1.165) is 37.4 Å². The summed E-state index contributed by atoms with van der Waals surface area (Å²) < 4.78 is 0. The fourth-order valence-corrected chi connectivity index (χ4v) is 4.11. The zero-order valence-corrected chi connectivity index (χ0v) is 15.2. The molecule has 1 heterocycles. The van der Waals surface area contributed by atoms with E-state index in [0.29, 0.717) is 0 Å². The van der Waals surface area contributed by atoms with Crippen LogP contribution in [0.4, 0.5) is 0 Å². The predicted octanol–water partition coefficient (Wildman–Crippen LogP) is 2.35. The van der Waals surface area contributed by atoms with Gasteiger partial charge in [0.05, 0.1) is 5.54 Å². The van der Waals surface area contributed by atoms with Crippen molar-refractivity contribution in [3.8, 4) is 0 Å². The summed E-state index contributed by atoms with van der Waals surface area (Å²) in [5.74, 6) is 2.52. The molecule has 0 aromatic heterocycles. The molecule has 0 spiro atoms. The van der Waals surface area contributed by atoms with Crippen LogP contribution in [-0.2, 0) is 0 Å². The van der Waals surface area contributed by atoms with E-state index >= 15 is 0 Å². The van der Waals surface area contributed by atoms with E-state index in [1.165, 1.54) is 31.3 Å². The Morgan fingerprint density at radius 3 is 2.59 bits per heavy atom. The molecule has 128 valence electrons. The molecule has 0 aromatic carbocycles. The van der Waals surface area contributed by atoms with Gasteiger partial charge in [-0.05, 0) is 70.0 Å². The van der Waals surface area contributed by atoms with Crippen molar-refractivity contribution >= 4 is 0 Å². The van der Waals surface area contributed by atoms with Gasteiger partial charge in [-0.25, -0.2) is 5.43 Å². The van der Waals surface area contributed by atoms with Crippen molar-refractivity contribution in [3.05, 3.63) is 11.8 Å². The second-order valence-corrected chi connectivity index (χ2v) is 7.84. The van der Waals surface area contributed by atoms with Crippen molar-refractivity contribution in [2.75, 3.05) is 33.7 Å². The lowest BCUT2D eigenvalue weighted by atomic mass is 9.68. The largest absolute Gasteiger partial charge is 0.328 e. The van der Waals surface area contributed by atoms with Crippen molar-refractivity contribution in [2.45, 2.75) is 52.0 Å². The first kappa shape index (κ1) is 17.8. The molecule has 0 bridgehead atoms. The number of hydrazine groups is 1. The summed E-state index contributed by atoms with van der Waals surface area (Å²) in [5.41, 5.74) is 8.51. The Morgan fingerprint density at radius 1 is 1.32 bits per heavy atom. The number of hydrogen-bond acceptors (Lipinski definition) is 4. The summed E-state index contributed by atoms with van der Waals surface area (Å²) in [6, 6.07) is 0. The number of hydrogen-bond donors (Lipinski definition) is 3. The van der Waals surface area contributed by atoms with Gasteiger partial charge in [-0.2, -0.15) is 0 Å². The molecule has 1 aliphatic carbocycles. The zero-order chi connectivity index (χ0) is 16.2. The van der Waals surface area contributed by atoms with E-state index in [9.17, 15) is 0 Å². The molecule has 0 amide bonds. The van der Waals surface area contributed by atoms with Crippen LogP contribution in [0.3, 0.4) is 0 Å². The quantitative estimate of drug-likeness (QED) is 0.675. The second-order valence-electron chi connectivity index (χ2n) is 7.84. The van der Waals surface area contributed by atoms with Gasteiger partial charge in [0.1, 0.15) is 0 Å². The average molecular weight is 309 g/mol. The van der Waals surface area contributed by atoms with Crippen LogP contribution in [0.1, 0.15) is 46.5 Å². The Morgan fingerprint density at radius 2 is 2.00 bits per heavy atom. The molecule has 2 rings (SSSR count). The van der Waals surface area contributed by atoms with Crippen LogP contribution >= 0.6 is 0 Å². The molecular weight excluding hydrogens is 272 g/mol. The molecule has 1 saturated carbocycles. The van der Waals surface area contributed by atoms with Crippen LogP contribution in [0, 0.1) is 17.8 Å². The average Bonchev–Trinajstić information content (AvgIpc) is 2.87. The highest BCUT2D eigenvalue weighted by Crippen LogP contribution is 2.41. The lowest BCUT2D eigenvalue weighted by molar-refractivity contribution is 0.151. The normalized spacial score (nSPS) is 32.4. The summed E-state index contributed by atoms with van der Waals surface area (Å²) in [4.78, 5) is 2.41. The topological polar surface area (TPSA) is 39.3 Å². The van der Waals surface area contributed by atoms with Gasteiger partial charge in [-0.15, -0.1) is 0 Å². The van der Waals surface area contributed by atoms with Crippen molar-refractivity contribution in [1.82, 2.24) is 21.1 Å². The SMILES string of the molecule is CNCCN(C)CC1=CNNC1(C)C1CCC(C(C)C)CC1. The monoisotopic (exact) mass is 308 g/mol. The van der Waals surface area contributed by atoms with Crippen molar-refractivity contribution in [3.63, 3.8) is 0 Å². The van der Waals surface area contributed by atoms with E-state index in [4.69, 9.17) is 0 Å². The lowest BCUT2D eigenvalue weighted by Crippen LogP contribution is -2.52. The van der Waals surface area contributed by atoms with E-state index < -0.39 is 0 Å². The number of rotatable bonds is 7. The molecule has 0 saturated heterocycles. The minimum atomic E-state index is 0.121. The molecule has 22 heavy (non-hydrogen) atoms. The molecule has 4 heteroatoms. The Kier molecular flexibility index (Phi) is 6.30. The maximum absolute atomic E-state index is 3.57. The van der Waals surface area contributed by atoms with Gasteiger partial charge in [-0.3, -0.25) is 0 Å². The molecular formula is C18H36N4. The smallest absolute Gasteiger partial charge is 0.0609 e. The highest BCUT2D eigenvalue weighted by atomic mass is 15.4. The maximum Gasteiger partial charge on any atom is 0.0609 e. The van der Waals surface area contributed by atoms with Gasteiger partial charge in [0.15, 0.2) is 0 Å². The number of likely N-dealkylation sites (N-methyl/N-ethyl adjacent to an activating group) is 2. The summed E-state index contributed by atoms with van der Waals surface area (Å²) in [6.07, 6.45) is 7.69. The van der Waals surface area contributed by atoms with E-state index in [1.807, 2.05) is 7.05 Å². The fraction of sp³-hybridized carbons (Fsp3) is 0.889. The first-order chi connectivity index (χ1) is 10.5. The highest BCUT2D eigenvalue weighted by molar-refractivity contribution is 5.26. The first-order valence-electron chi connectivity index (χ1n) is 9.02. The Balaban J connectivity index is 1.93. The van der Waals surface area contributed by atoms with Crippen LogP contribution < -0.4 is 16.2 Å². The van der Waals surface area contributed by atoms with Crippen LogP contribution in [0.5, 0.6) is 0 Å². The van der Waals surface area contributed by atoms with Crippen LogP contribution in [0.15, 0.2) is 11.8 Å². The van der Waals surface area contributed by atoms with Crippen LogP contribution in [0.25, 0.3) is 0 Å². The molecule has 1 fully saturated rings. The van der Waals surface area contributed by atoms with Crippen LogP contribution in [-0.4, -0.2) is 44.2 Å². The molecule has 0 aromatic rings. The summed E-state index contributed by atoms with van der Waals surface area (Å²) in [7, 11) is 4.23. The van der Waals surface area contributed by atoms with Gasteiger partial charge < -0.3 is 15.6 Å². The molecule has 1 aliphatic heterocycles. The Hall–Kier alpha value is -0.580. The van der Waals surface area contributed by atoms with Gasteiger partial charge >= 0.3 is 0 Å². The van der Waals surface area contributed by atoms with Crippen molar-refractivity contribution < 1.29 is 0 Å². The Bertz CT molecular complexity index is 371. The third-order valence-corrected chi connectivity index (χ3v) is 5.96. The second kappa shape index (κ2) is 7.80. The molecule has 3 N–H and O–H groups in total. The Labute approximate surface area is 137 Å². The standard InChI is InChI=1S/C18H36N4/c1-14(2)15-6-8-16(9-7-15)18(3)17(12-20-21-18)13-22(5)11-10-19-4/h12,14-16,19-21H,6-11,13H2,1-5H3. The highest BCUT2D eigenvalue weighted by Gasteiger charge is 2.42.